The molecule has 0 spiro atoms. The third-order valence-electron chi connectivity index (χ3n) is 2.41. The van der Waals surface area contributed by atoms with E-state index in [1.165, 1.54) is 0 Å². The van der Waals surface area contributed by atoms with Crippen molar-refractivity contribution in [3.8, 4) is 5.75 Å². The smallest absolute Gasteiger partial charge is 0.125 e. The Bertz CT molecular complexity index is 325. The quantitative estimate of drug-likeness (QED) is 0.776. The largest absolute Gasteiger partial charge is 0.493 e. The van der Waals surface area contributed by atoms with Crippen LogP contribution in [0.5, 0.6) is 5.75 Å². The minimum atomic E-state index is -0.0147. The molecule has 0 saturated heterocycles. The van der Waals surface area contributed by atoms with E-state index in [1.54, 1.807) is 0 Å². The first-order valence-electron chi connectivity index (χ1n) is 4.91. The second-order valence-electron chi connectivity index (χ2n) is 3.38. The van der Waals surface area contributed by atoms with Gasteiger partial charge in [0.15, 0.2) is 0 Å². The Morgan fingerprint density at radius 2 is 2.43 bits per heavy atom. The summed E-state index contributed by atoms with van der Waals surface area (Å²) in [7, 11) is 0. The summed E-state index contributed by atoms with van der Waals surface area (Å²) in [6.07, 6.45) is 0. The van der Waals surface area contributed by atoms with Gasteiger partial charge in [0.2, 0.25) is 0 Å². The summed E-state index contributed by atoms with van der Waals surface area (Å²) in [4.78, 5) is 0. The molecule has 14 heavy (non-hydrogen) atoms. The van der Waals surface area contributed by atoms with Crippen molar-refractivity contribution in [1.29, 1.82) is 0 Å². The predicted octanol–water partition coefficient (Wildman–Crippen LogP) is 1.62. The van der Waals surface area contributed by atoms with Gasteiger partial charge in [0, 0.05) is 5.56 Å². The average molecular weight is 193 g/mol. The van der Waals surface area contributed by atoms with Crippen LogP contribution >= 0.6 is 0 Å². The minimum Gasteiger partial charge on any atom is -0.493 e. The summed E-state index contributed by atoms with van der Waals surface area (Å²) in [6, 6.07) is 5.98. The molecular weight excluding hydrogens is 178 g/mol. The molecule has 76 valence electrons. The zero-order valence-corrected chi connectivity index (χ0v) is 8.32. The Labute approximate surface area is 83.8 Å². The normalized spacial score (nSPS) is 20.3. The van der Waals surface area contributed by atoms with E-state index in [4.69, 9.17) is 15.2 Å². The molecule has 2 rings (SSSR count). The van der Waals surface area contributed by atoms with Crippen LogP contribution in [0.2, 0.25) is 0 Å². The van der Waals surface area contributed by atoms with Crippen LogP contribution in [-0.4, -0.2) is 13.2 Å². The van der Waals surface area contributed by atoms with Crippen molar-refractivity contribution in [2.45, 2.75) is 19.6 Å². The highest BCUT2D eigenvalue weighted by Crippen LogP contribution is 2.30. The molecule has 1 heterocycles. The van der Waals surface area contributed by atoms with Crippen molar-refractivity contribution >= 4 is 0 Å². The van der Waals surface area contributed by atoms with Gasteiger partial charge in [-0.3, -0.25) is 0 Å². The molecule has 0 amide bonds. The number of ether oxygens (including phenoxy) is 2. The van der Waals surface area contributed by atoms with Gasteiger partial charge < -0.3 is 15.2 Å². The topological polar surface area (TPSA) is 44.5 Å². The number of rotatable bonds is 2. The minimum absolute atomic E-state index is 0.0147. The maximum absolute atomic E-state index is 5.93. The Morgan fingerprint density at radius 3 is 3.21 bits per heavy atom. The van der Waals surface area contributed by atoms with E-state index in [0.717, 1.165) is 16.9 Å². The number of nitrogens with two attached hydrogens (primary N) is 1. The van der Waals surface area contributed by atoms with Crippen molar-refractivity contribution < 1.29 is 9.47 Å². The first-order valence-corrected chi connectivity index (χ1v) is 4.91. The first-order chi connectivity index (χ1) is 6.83. The molecule has 1 aromatic carbocycles. The van der Waals surface area contributed by atoms with Gasteiger partial charge in [-0.15, -0.1) is 0 Å². The Hall–Kier alpha value is -1.06. The molecule has 0 bridgehead atoms. The molecule has 0 unspecified atom stereocenters. The SMILES string of the molecule is CCOc1cccc2c1COC[C@@H]2N. The monoisotopic (exact) mass is 193 g/mol. The van der Waals surface area contributed by atoms with E-state index in [1.807, 2.05) is 25.1 Å². The zero-order chi connectivity index (χ0) is 9.97. The average Bonchev–Trinajstić information content (AvgIpc) is 2.20. The number of benzene rings is 1. The Balaban J connectivity index is 2.39. The predicted molar refractivity (Wildman–Crippen MR) is 54.2 cm³/mol. The van der Waals surface area contributed by atoms with Crippen LogP contribution in [-0.2, 0) is 11.3 Å². The maximum Gasteiger partial charge on any atom is 0.125 e. The molecule has 2 N–H and O–H groups in total. The highest BCUT2D eigenvalue weighted by atomic mass is 16.5. The molecule has 1 atom stereocenters. The van der Waals surface area contributed by atoms with E-state index in [9.17, 15) is 0 Å². The summed E-state index contributed by atoms with van der Waals surface area (Å²) in [5.41, 5.74) is 8.19. The molecule has 1 aliphatic heterocycles. The molecule has 3 heteroatoms. The molecule has 1 aliphatic rings. The van der Waals surface area contributed by atoms with Gasteiger partial charge in [-0.25, -0.2) is 0 Å². The van der Waals surface area contributed by atoms with Gasteiger partial charge in [-0.05, 0) is 18.6 Å². The van der Waals surface area contributed by atoms with Crippen LogP contribution < -0.4 is 10.5 Å². The Morgan fingerprint density at radius 1 is 1.57 bits per heavy atom. The fraction of sp³-hybridized carbons (Fsp3) is 0.455. The lowest BCUT2D eigenvalue weighted by molar-refractivity contribution is 0.0897. The van der Waals surface area contributed by atoms with E-state index < -0.39 is 0 Å². The van der Waals surface area contributed by atoms with Crippen LogP contribution in [0.25, 0.3) is 0 Å². The number of fused-ring (bicyclic) bond motifs is 1. The maximum atomic E-state index is 5.93. The molecule has 0 aliphatic carbocycles. The van der Waals surface area contributed by atoms with Crippen molar-refractivity contribution in [1.82, 2.24) is 0 Å². The van der Waals surface area contributed by atoms with Gasteiger partial charge in [-0.1, -0.05) is 12.1 Å². The van der Waals surface area contributed by atoms with E-state index in [0.29, 0.717) is 19.8 Å². The summed E-state index contributed by atoms with van der Waals surface area (Å²) < 4.78 is 10.9. The molecule has 3 nitrogen and oxygen atoms in total. The fourth-order valence-electron chi connectivity index (χ4n) is 1.75. The van der Waals surface area contributed by atoms with Crippen molar-refractivity contribution in [2.75, 3.05) is 13.2 Å². The second kappa shape index (κ2) is 3.98. The fourth-order valence-corrected chi connectivity index (χ4v) is 1.75. The standard InChI is InChI=1S/C11H15NO2/c1-2-14-11-5-3-4-8-9(11)6-13-7-10(8)12/h3-5,10H,2,6-7,12H2,1H3/t10-/m0/s1. The van der Waals surface area contributed by atoms with Gasteiger partial charge in [-0.2, -0.15) is 0 Å². The van der Waals surface area contributed by atoms with Crippen LogP contribution in [0.4, 0.5) is 0 Å². The third kappa shape index (κ3) is 1.61. The summed E-state index contributed by atoms with van der Waals surface area (Å²) >= 11 is 0. The highest BCUT2D eigenvalue weighted by molar-refractivity contribution is 5.42. The molecule has 0 aromatic heterocycles. The van der Waals surface area contributed by atoms with Crippen molar-refractivity contribution in [3.63, 3.8) is 0 Å². The van der Waals surface area contributed by atoms with Gasteiger partial charge >= 0.3 is 0 Å². The van der Waals surface area contributed by atoms with Crippen LogP contribution in [0.3, 0.4) is 0 Å². The Kier molecular flexibility index (Phi) is 2.70. The molecular formula is C11H15NO2. The van der Waals surface area contributed by atoms with Gasteiger partial charge in [0.25, 0.3) is 0 Å². The van der Waals surface area contributed by atoms with E-state index in [2.05, 4.69) is 0 Å². The number of hydrogen-bond donors (Lipinski definition) is 1. The summed E-state index contributed by atoms with van der Waals surface area (Å²) in [5, 5.41) is 0. The number of hydrogen-bond acceptors (Lipinski definition) is 3. The lowest BCUT2D eigenvalue weighted by Crippen LogP contribution is -2.24. The van der Waals surface area contributed by atoms with E-state index in [-0.39, 0.29) is 6.04 Å². The third-order valence-corrected chi connectivity index (χ3v) is 2.41. The zero-order valence-electron chi connectivity index (χ0n) is 8.32. The van der Waals surface area contributed by atoms with Gasteiger partial charge in [0.1, 0.15) is 5.75 Å². The van der Waals surface area contributed by atoms with Crippen LogP contribution in [0.15, 0.2) is 18.2 Å². The second-order valence-corrected chi connectivity index (χ2v) is 3.38. The van der Waals surface area contributed by atoms with Gasteiger partial charge in [0.05, 0.1) is 25.9 Å². The molecule has 0 saturated carbocycles. The highest BCUT2D eigenvalue weighted by Gasteiger charge is 2.19. The summed E-state index contributed by atoms with van der Waals surface area (Å²) in [6.45, 7) is 3.86. The van der Waals surface area contributed by atoms with E-state index >= 15 is 0 Å². The van der Waals surface area contributed by atoms with Crippen LogP contribution in [0.1, 0.15) is 24.1 Å². The molecule has 1 aromatic rings. The summed E-state index contributed by atoms with van der Waals surface area (Å²) in [5.74, 6) is 0.903. The van der Waals surface area contributed by atoms with Crippen molar-refractivity contribution in [3.05, 3.63) is 29.3 Å². The lowest BCUT2D eigenvalue weighted by Gasteiger charge is -2.24. The van der Waals surface area contributed by atoms with Crippen LogP contribution in [0, 0.1) is 0 Å². The van der Waals surface area contributed by atoms with Crippen molar-refractivity contribution in [2.24, 2.45) is 5.73 Å². The first kappa shape index (κ1) is 9.49. The lowest BCUT2D eigenvalue weighted by atomic mass is 9.99. The molecule has 0 radical (unpaired) electrons. The molecule has 0 fully saturated rings.